The van der Waals surface area contributed by atoms with Crippen LogP contribution in [0.3, 0.4) is 0 Å². The summed E-state index contributed by atoms with van der Waals surface area (Å²) in [6, 6.07) is 11.0. The number of anilines is 1. The molecule has 2 aromatic heterocycles. The standard InChI is InChI=1S/C24H23F2N7O2/c1-17(24(35,14-30-16-27-15-29-30)21-8-3-18(25)13-22(21)26)31-11-12-32(23(31)34)19-4-6-20(7-5-19)33-10-2-9-28-33/h2-10,13,15-17,35H,11-12,14H2,1H3/t17-,24-/m1/s1. The summed E-state index contributed by atoms with van der Waals surface area (Å²) in [6.07, 6.45) is 6.19. The van der Waals surface area contributed by atoms with E-state index in [9.17, 15) is 18.7 Å². The van der Waals surface area contributed by atoms with E-state index in [1.165, 1.54) is 28.3 Å². The predicted molar refractivity (Wildman–Crippen MR) is 123 cm³/mol. The fourth-order valence-corrected chi connectivity index (χ4v) is 4.46. The Hall–Kier alpha value is -4.12. The molecule has 180 valence electrons. The van der Waals surface area contributed by atoms with Gasteiger partial charge in [-0.3, -0.25) is 4.90 Å². The van der Waals surface area contributed by atoms with Crippen LogP contribution < -0.4 is 4.90 Å². The number of carbonyl (C=O) groups excluding carboxylic acids is 1. The van der Waals surface area contributed by atoms with Gasteiger partial charge in [-0.1, -0.05) is 6.07 Å². The number of aromatic nitrogens is 5. The highest BCUT2D eigenvalue weighted by Crippen LogP contribution is 2.35. The van der Waals surface area contributed by atoms with Crippen LogP contribution in [0.5, 0.6) is 0 Å². The van der Waals surface area contributed by atoms with E-state index in [0.717, 1.165) is 11.8 Å². The third-order valence-corrected chi connectivity index (χ3v) is 6.40. The molecule has 1 fully saturated rings. The highest BCUT2D eigenvalue weighted by Gasteiger charge is 2.46. The van der Waals surface area contributed by atoms with E-state index in [1.54, 1.807) is 22.7 Å². The Morgan fingerprint density at radius 2 is 1.86 bits per heavy atom. The number of hydrogen-bond acceptors (Lipinski definition) is 5. The van der Waals surface area contributed by atoms with Crippen molar-refractivity contribution in [3.8, 4) is 5.69 Å². The van der Waals surface area contributed by atoms with E-state index in [2.05, 4.69) is 15.2 Å². The summed E-state index contributed by atoms with van der Waals surface area (Å²) in [5.41, 5.74) is -0.490. The van der Waals surface area contributed by atoms with Crippen molar-refractivity contribution in [1.82, 2.24) is 29.4 Å². The van der Waals surface area contributed by atoms with Gasteiger partial charge in [-0.2, -0.15) is 10.2 Å². The largest absolute Gasteiger partial charge is 0.381 e. The fourth-order valence-electron chi connectivity index (χ4n) is 4.46. The molecule has 1 saturated heterocycles. The molecule has 3 heterocycles. The lowest BCUT2D eigenvalue weighted by Gasteiger charge is -2.39. The Morgan fingerprint density at radius 1 is 1.09 bits per heavy atom. The zero-order valence-corrected chi connectivity index (χ0v) is 18.9. The molecule has 0 spiro atoms. The van der Waals surface area contributed by atoms with Gasteiger partial charge in [0.25, 0.3) is 0 Å². The summed E-state index contributed by atoms with van der Waals surface area (Å²) in [4.78, 5) is 20.4. The second kappa shape index (κ2) is 8.91. The highest BCUT2D eigenvalue weighted by molar-refractivity contribution is 5.94. The Bertz CT molecular complexity index is 1310. The molecule has 0 aliphatic carbocycles. The zero-order chi connectivity index (χ0) is 24.6. The molecular formula is C24H23F2N7O2. The molecule has 2 amide bonds. The summed E-state index contributed by atoms with van der Waals surface area (Å²) in [7, 11) is 0. The zero-order valence-electron chi connectivity index (χ0n) is 18.9. The number of rotatable bonds is 7. The van der Waals surface area contributed by atoms with Crippen molar-refractivity contribution in [2.75, 3.05) is 18.0 Å². The summed E-state index contributed by atoms with van der Waals surface area (Å²) in [6.45, 7) is 2.15. The van der Waals surface area contributed by atoms with Gasteiger partial charge in [0.1, 0.15) is 29.9 Å². The smallest absolute Gasteiger partial charge is 0.324 e. The molecule has 1 N–H and O–H groups in total. The Morgan fingerprint density at radius 3 is 2.51 bits per heavy atom. The minimum atomic E-state index is -1.90. The minimum absolute atomic E-state index is 0.128. The quantitative estimate of drug-likeness (QED) is 0.440. The number of hydrogen-bond donors (Lipinski definition) is 1. The predicted octanol–water partition coefficient (Wildman–Crippen LogP) is 2.96. The fraction of sp³-hybridized carbons (Fsp3) is 0.250. The van der Waals surface area contributed by atoms with Crippen LogP contribution in [0.1, 0.15) is 12.5 Å². The Labute approximate surface area is 199 Å². The first-order chi connectivity index (χ1) is 16.9. The SMILES string of the molecule is C[C@@H](N1CCN(c2ccc(-n3cccn3)cc2)C1=O)[C@](O)(Cn1cncn1)c1ccc(F)cc1F. The lowest BCUT2D eigenvalue weighted by Crippen LogP contribution is -2.53. The molecule has 2 atom stereocenters. The number of benzene rings is 2. The third kappa shape index (κ3) is 4.14. The molecule has 0 radical (unpaired) electrons. The Balaban J connectivity index is 1.43. The summed E-state index contributed by atoms with van der Waals surface area (Å²) >= 11 is 0. The van der Waals surface area contributed by atoms with Crippen molar-refractivity contribution in [3.05, 3.63) is 90.8 Å². The molecule has 0 saturated carbocycles. The first kappa shape index (κ1) is 22.7. The van der Waals surface area contributed by atoms with Crippen LogP contribution in [-0.2, 0) is 12.1 Å². The summed E-state index contributed by atoms with van der Waals surface area (Å²) in [5, 5.41) is 20.0. The molecule has 11 heteroatoms. The number of urea groups is 1. The van der Waals surface area contributed by atoms with Crippen LogP contribution in [-0.4, -0.2) is 59.7 Å². The van der Waals surface area contributed by atoms with Gasteiger partial charge in [0.15, 0.2) is 0 Å². The first-order valence-corrected chi connectivity index (χ1v) is 11.1. The molecule has 9 nitrogen and oxygen atoms in total. The average Bonchev–Trinajstić information content (AvgIpc) is 3.61. The van der Waals surface area contributed by atoms with Crippen LogP contribution in [0.4, 0.5) is 19.3 Å². The normalized spacial score (nSPS) is 16.5. The van der Waals surface area contributed by atoms with Crippen molar-refractivity contribution < 1.29 is 18.7 Å². The maximum atomic E-state index is 14.8. The average molecular weight is 479 g/mol. The molecule has 1 aliphatic rings. The van der Waals surface area contributed by atoms with Gasteiger partial charge in [0.05, 0.1) is 18.3 Å². The van der Waals surface area contributed by atoms with Crippen LogP contribution in [0, 0.1) is 11.6 Å². The van der Waals surface area contributed by atoms with E-state index in [1.807, 2.05) is 36.5 Å². The lowest BCUT2D eigenvalue weighted by molar-refractivity contribution is -0.0475. The summed E-state index contributed by atoms with van der Waals surface area (Å²) < 4.78 is 31.5. The van der Waals surface area contributed by atoms with Gasteiger partial charge in [-0.25, -0.2) is 27.9 Å². The second-order valence-electron chi connectivity index (χ2n) is 8.41. The molecule has 5 rings (SSSR count). The summed E-state index contributed by atoms with van der Waals surface area (Å²) in [5.74, 6) is -1.67. The van der Waals surface area contributed by atoms with E-state index in [-0.39, 0.29) is 18.1 Å². The molecule has 4 aromatic rings. The van der Waals surface area contributed by atoms with Gasteiger partial charge in [0.2, 0.25) is 0 Å². The van der Waals surface area contributed by atoms with Crippen molar-refractivity contribution in [2.45, 2.75) is 25.1 Å². The number of aliphatic hydroxyl groups is 1. The maximum Gasteiger partial charge on any atom is 0.324 e. The second-order valence-corrected chi connectivity index (χ2v) is 8.41. The first-order valence-electron chi connectivity index (χ1n) is 11.1. The third-order valence-electron chi connectivity index (χ3n) is 6.40. The van der Waals surface area contributed by atoms with E-state index in [4.69, 9.17) is 0 Å². The van der Waals surface area contributed by atoms with Crippen LogP contribution in [0.15, 0.2) is 73.6 Å². The minimum Gasteiger partial charge on any atom is -0.381 e. The van der Waals surface area contributed by atoms with Gasteiger partial charge in [0, 0.05) is 42.8 Å². The number of carbonyl (C=O) groups is 1. The lowest BCUT2D eigenvalue weighted by atomic mass is 9.85. The molecule has 0 unspecified atom stereocenters. The highest BCUT2D eigenvalue weighted by atomic mass is 19.1. The van der Waals surface area contributed by atoms with Crippen molar-refractivity contribution >= 4 is 11.7 Å². The molecule has 1 aliphatic heterocycles. The topological polar surface area (TPSA) is 92.3 Å². The van der Waals surface area contributed by atoms with Crippen molar-refractivity contribution in [1.29, 1.82) is 0 Å². The van der Waals surface area contributed by atoms with Gasteiger partial charge in [-0.05, 0) is 43.3 Å². The molecule has 35 heavy (non-hydrogen) atoms. The van der Waals surface area contributed by atoms with Crippen molar-refractivity contribution in [3.63, 3.8) is 0 Å². The molecule has 0 bridgehead atoms. The van der Waals surface area contributed by atoms with Gasteiger partial charge < -0.3 is 10.0 Å². The van der Waals surface area contributed by atoms with Gasteiger partial charge >= 0.3 is 6.03 Å². The maximum absolute atomic E-state index is 14.8. The number of nitrogens with zero attached hydrogens (tertiary/aromatic N) is 7. The van der Waals surface area contributed by atoms with E-state index < -0.39 is 23.3 Å². The van der Waals surface area contributed by atoms with Crippen LogP contribution >= 0.6 is 0 Å². The number of halogens is 2. The van der Waals surface area contributed by atoms with Crippen LogP contribution in [0.25, 0.3) is 5.69 Å². The van der Waals surface area contributed by atoms with E-state index >= 15 is 0 Å². The Kier molecular flexibility index (Phi) is 5.77. The van der Waals surface area contributed by atoms with E-state index in [0.29, 0.717) is 24.8 Å². The van der Waals surface area contributed by atoms with Gasteiger partial charge in [-0.15, -0.1) is 0 Å². The molecular weight excluding hydrogens is 456 g/mol. The monoisotopic (exact) mass is 479 g/mol. The number of amides is 2. The van der Waals surface area contributed by atoms with Crippen LogP contribution in [0.2, 0.25) is 0 Å². The van der Waals surface area contributed by atoms with Crippen molar-refractivity contribution in [2.24, 2.45) is 0 Å². The molecule has 2 aromatic carbocycles.